The molecule has 0 saturated heterocycles. The minimum Gasteiger partial charge on any atom is -0.492 e. The smallest absolute Gasteiger partial charge is 0.270 e. The molecule has 2 N–H and O–H groups in total. The summed E-state index contributed by atoms with van der Waals surface area (Å²) in [6, 6.07) is 7.14. The molecule has 21 heavy (non-hydrogen) atoms. The van der Waals surface area contributed by atoms with E-state index in [1.54, 1.807) is 0 Å². The molecule has 5 nitrogen and oxygen atoms in total. The van der Waals surface area contributed by atoms with Crippen molar-refractivity contribution in [3.8, 4) is 5.75 Å². The van der Waals surface area contributed by atoms with E-state index in [4.69, 9.17) is 22.1 Å². The second-order valence-corrected chi connectivity index (χ2v) is 5.18. The lowest BCUT2D eigenvalue weighted by Gasteiger charge is -2.09. The molecule has 2 aromatic rings. The summed E-state index contributed by atoms with van der Waals surface area (Å²) in [5.41, 5.74) is 7.09. The van der Waals surface area contributed by atoms with E-state index < -0.39 is 0 Å². The number of ether oxygens (including phenoxy) is 1. The van der Waals surface area contributed by atoms with Crippen LogP contribution in [0.4, 0.5) is 0 Å². The molecule has 0 amide bonds. The van der Waals surface area contributed by atoms with Gasteiger partial charge in [-0.1, -0.05) is 23.7 Å². The van der Waals surface area contributed by atoms with Crippen LogP contribution in [0.3, 0.4) is 0 Å². The zero-order valence-electron chi connectivity index (χ0n) is 11.9. The highest BCUT2D eigenvalue weighted by Gasteiger charge is 2.05. The predicted octanol–water partition coefficient (Wildman–Crippen LogP) is 1.98. The molecule has 1 aromatic carbocycles. The van der Waals surface area contributed by atoms with Crippen LogP contribution in [0, 0.1) is 6.92 Å². The maximum absolute atomic E-state index is 12.0. The van der Waals surface area contributed by atoms with E-state index in [1.165, 1.54) is 16.9 Å². The van der Waals surface area contributed by atoms with Gasteiger partial charge in [-0.3, -0.25) is 4.79 Å². The molecule has 1 aromatic heterocycles. The van der Waals surface area contributed by atoms with Crippen molar-refractivity contribution in [2.45, 2.75) is 19.9 Å². The third-order valence-electron chi connectivity index (χ3n) is 2.99. The molecule has 0 radical (unpaired) electrons. The highest BCUT2D eigenvalue weighted by Crippen LogP contribution is 2.18. The Morgan fingerprint density at radius 2 is 2.19 bits per heavy atom. The first-order chi connectivity index (χ1) is 10.1. The van der Waals surface area contributed by atoms with E-state index in [9.17, 15) is 4.79 Å². The Morgan fingerprint density at radius 3 is 2.86 bits per heavy atom. The van der Waals surface area contributed by atoms with Crippen molar-refractivity contribution in [2.24, 2.45) is 5.73 Å². The topological polar surface area (TPSA) is 70.1 Å². The average Bonchev–Trinajstić information content (AvgIpc) is 2.44. The van der Waals surface area contributed by atoms with Gasteiger partial charge in [-0.15, -0.1) is 0 Å². The fourth-order valence-electron chi connectivity index (χ4n) is 1.83. The molecule has 0 unspecified atom stereocenters. The zero-order chi connectivity index (χ0) is 15.2. The number of rotatable bonds is 6. The molecule has 1 heterocycles. The van der Waals surface area contributed by atoms with E-state index in [2.05, 4.69) is 5.10 Å². The Bertz CT molecular complexity index is 670. The van der Waals surface area contributed by atoms with Crippen LogP contribution in [-0.4, -0.2) is 22.9 Å². The third kappa shape index (κ3) is 4.31. The van der Waals surface area contributed by atoms with Crippen molar-refractivity contribution < 1.29 is 4.74 Å². The predicted molar refractivity (Wildman–Crippen MR) is 83.0 cm³/mol. The summed E-state index contributed by atoms with van der Waals surface area (Å²) in [4.78, 5) is 12.0. The summed E-state index contributed by atoms with van der Waals surface area (Å²) in [6.45, 7) is 3.33. The normalized spacial score (nSPS) is 10.6. The zero-order valence-corrected chi connectivity index (χ0v) is 12.6. The average molecular weight is 308 g/mol. The van der Waals surface area contributed by atoms with Gasteiger partial charge in [-0.25, -0.2) is 4.68 Å². The lowest BCUT2D eigenvalue weighted by molar-refractivity contribution is 0.309. The summed E-state index contributed by atoms with van der Waals surface area (Å²) < 4.78 is 6.74. The summed E-state index contributed by atoms with van der Waals surface area (Å²) in [5, 5.41) is 4.74. The van der Waals surface area contributed by atoms with E-state index in [0.717, 1.165) is 17.5 Å². The van der Waals surface area contributed by atoms with Crippen LogP contribution < -0.4 is 16.0 Å². The third-order valence-corrected chi connectivity index (χ3v) is 3.34. The van der Waals surface area contributed by atoms with Crippen molar-refractivity contribution in [2.75, 3.05) is 13.2 Å². The van der Waals surface area contributed by atoms with Gasteiger partial charge in [0.1, 0.15) is 5.75 Å². The van der Waals surface area contributed by atoms with Gasteiger partial charge in [0, 0.05) is 11.1 Å². The molecule has 2 rings (SSSR count). The first-order valence-corrected chi connectivity index (χ1v) is 7.13. The van der Waals surface area contributed by atoms with Gasteiger partial charge in [0.15, 0.2) is 0 Å². The molecule has 0 saturated carbocycles. The maximum Gasteiger partial charge on any atom is 0.270 e. The van der Waals surface area contributed by atoms with Crippen LogP contribution in [-0.2, 0) is 6.54 Å². The van der Waals surface area contributed by atoms with Crippen molar-refractivity contribution in [1.29, 1.82) is 0 Å². The highest BCUT2D eigenvalue weighted by molar-refractivity contribution is 6.31. The minimum atomic E-state index is -0.225. The van der Waals surface area contributed by atoms with Crippen molar-refractivity contribution in [3.63, 3.8) is 0 Å². The maximum atomic E-state index is 12.0. The first-order valence-electron chi connectivity index (χ1n) is 6.75. The molecule has 0 fully saturated rings. The SMILES string of the molecule is Cc1ccc(Cn2ncc(OCCCN)cc2=O)c(Cl)c1. The highest BCUT2D eigenvalue weighted by atomic mass is 35.5. The van der Waals surface area contributed by atoms with Gasteiger partial charge in [-0.2, -0.15) is 5.10 Å². The van der Waals surface area contributed by atoms with E-state index in [-0.39, 0.29) is 5.56 Å². The van der Waals surface area contributed by atoms with Gasteiger partial charge >= 0.3 is 0 Å². The van der Waals surface area contributed by atoms with E-state index in [1.807, 2.05) is 25.1 Å². The molecule has 6 heteroatoms. The first kappa shape index (κ1) is 15.5. The van der Waals surface area contributed by atoms with Crippen LogP contribution in [0.15, 0.2) is 35.3 Å². The Labute approximate surface area is 128 Å². The number of benzene rings is 1. The fourth-order valence-corrected chi connectivity index (χ4v) is 2.12. The number of hydrogen-bond donors (Lipinski definition) is 1. The van der Waals surface area contributed by atoms with Gasteiger partial charge in [0.2, 0.25) is 0 Å². The lowest BCUT2D eigenvalue weighted by atomic mass is 10.1. The Hall–Kier alpha value is -1.85. The van der Waals surface area contributed by atoms with Gasteiger partial charge in [0.25, 0.3) is 5.56 Å². The molecule has 0 spiro atoms. The second-order valence-electron chi connectivity index (χ2n) is 4.77. The second kappa shape index (κ2) is 7.24. The number of aromatic nitrogens is 2. The summed E-state index contributed by atoms with van der Waals surface area (Å²) in [7, 11) is 0. The van der Waals surface area contributed by atoms with Crippen LogP contribution in [0.25, 0.3) is 0 Å². The monoisotopic (exact) mass is 307 g/mol. The van der Waals surface area contributed by atoms with Crippen LogP contribution >= 0.6 is 11.6 Å². The Morgan fingerprint density at radius 1 is 1.38 bits per heavy atom. The number of hydrogen-bond acceptors (Lipinski definition) is 4. The van der Waals surface area contributed by atoms with Crippen LogP contribution in [0.5, 0.6) is 5.75 Å². The lowest BCUT2D eigenvalue weighted by Crippen LogP contribution is -2.23. The van der Waals surface area contributed by atoms with Crippen molar-refractivity contribution in [3.05, 3.63) is 57.0 Å². The summed E-state index contributed by atoms with van der Waals surface area (Å²) in [6.07, 6.45) is 2.27. The molecule has 0 aliphatic heterocycles. The minimum absolute atomic E-state index is 0.225. The molecule has 0 aliphatic carbocycles. The van der Waals surface area contributed by atoms with Crippen molar-refractivity contribution >= 4 is 11.6 Å². The summed E-state index contributed by atoms with van der Waals surface area (Å²) >= 11 is 6.17. The molecule has 112 valence electrons. The van der Waals surface area contributed by atoms with Gasteiger partial charge in [-0.05, 0) is 37.1 Å². The number of halogens is 1. The molecular formula is C15H18ClN3O2. The van der Waals surface area contributed by atoms with E-state index >= 15 is 0 Å². The Balaban J connectivity index is 2.12. The summed E-state index contributed by atoms with van der Waals surface area (Å²) in [5.74, 6) is 0.458. The molecular weight excluding hydrogens is 290 g/mol. The number of nitrogens with two attached hydrogens (primary N) is 1. The fraction of sp³-hybridized carbons (Fsp3) is 0.333. The largest absolute Gasteiger partial charge is 0.492 e. The standard InChI is InChI=1S/C15H18ClN3O2/c1-11-3-4-12(14(16)7-11)10-19-15(20)8-13(9-18-19)21-6-2-5-17/h3-4,7-9H,2,5-6,10,17H2,1H3. The molecule has 0 aliphatic rings. The van der Waals surface area contributed by atoms with Gasteiger partial charge < -0.3 is 10.5 Å². The number of nitrogens with zero attached hydrogens (tertiary/aromatic N) is 2. The molecule has 0 atom stereocenters. The van der Waals surface area contributed by atoms with E-state index in [0.29, 0.717) is 30.5 Å². The van der Waals surface area contributed by atoms with Gasteiger partial charge in [0.05, 0.1) is 19.3 Å². The quantitative estimate of drug-likeness (QED) is 0.829. The van der Waals surface area contributed by atoms with Crippen LogP contribution in [0.1, 0.15) is 17.5 Å². The van der Waals surface area contributed by atoms with Crippen molar-refractivity contribution in [1.82, 2.24) is 9.78 Å². The Kier molecular flexibility index (Phi) is 5.36. The number of aryl methyl sites for hydroxylation is 1. The van der Waals surface area contributed by atoms with Crippen LogP contribution in [0.2, 0.25) is 5.02 Å². The molecule has 0 bridgehead atoms.